The number of halogens is 2. The van der Waals surface area contributed by atoms with Gasteiger partial charge in [-0.3, -0.25) is 0 Å². The third kappa shape index (κ3) is 5.49. The van der Waals surface area contributed by atoms with E-state index in [-0.39, 0.29) is 21.2 Å². The monoisotopic (exact) mass is 580 g/mol. The van der Waals surface area contributed by atoms with E-state index in [0.717, 1.165) is 11.1 Å². The van der Waals surface area contributed by atoms with E-state index >= 15 is 0 Å². The predicted molar refractivity (Wildman–Crippen MR) is 152 cm³/mol. The van der Waals surface area contributed by atoms with Crippen molar-refractivity contribution in [3.63, 3.8) is 0 Å². The first-order valence-electron chi connectivity index (χ1n) is 11.8. The van der Waals surface area contributed by atoms with Crippen LogP contribution in [-0.2, 0) is 16.6 Å². The molecule has 0 saturated heterocycles. The normalized spacial score (nSPS) is 13.4. The Kier molecular flexibility index (Phi) is 7.36. The van der Waals surface area contributed by atoms with E-state index in [9.17, 15) is 13.2 Å². The fourth-order valence-electron chi connectivity index (χ4n) is 4.25. The molecule has 0 fully saturated rings. The standard InChI is InChI=1S/C29H22Cl2N2O5S/c1-18-4-3-5-26-27(18)28(32-39(26,35)36)33(17-19-6-11-22(37-2)12-7-19)21-9-13-23(14-10-21)38-29(34)24-15-8-20(30)16-25(24)31/h3-16H,17H2,1-2H3. The first-order valence-corrected chi connectivity index (χ1v) is 14.0. The second kappa shape index (κ2) is 10.7. The number of amidine groups is 1. The summed E-state index contributed by atoms with van der Waals surface area (Å²) in [5.74, 6) is 0.683. The molecule has 4 aromatic carbocycles. The lowest BCUT2D eigenvalue weighted by Crippen LogP contribution is -2.30. The molecular weight excluding hydrogens is 559 g/mol. The molecule has 0 atom stereocenters. The molecular formula is C29H22Cl2N2O5S. The van der Waals surface area contributed by atoms with Crippen LogP contribution in [0.3, 0.4) is 0 Å². The maximum absolute atomic E-state index is 12.9. The van der Waals surface area contributed by atoms with Crippen molar-refractivity contribution in [3.05, 3.63) is 117 Å². The number of benzene rings is 4. The smallest absolute Gasteiger partial charge is 0.345 e. The number of carbonyl (C=O) groups is 1. The molecule has 5 rings (SSSR count). The Morgan fingerprint density at radius 3 is 2.28 bits per heavy atom. The summed E-state index contributed by atoms with van der Waals surface area (Å²) in [6.07, 6.45) is 0. The summed E-state index contributed by atoms with van der Waals surface area (Å²) in [5.41, 5.74) is 3.09. The second-order valence-electron chi connectivity index (χ2n) is 8.78. The molecule has 0 unspecified atom stereocenters. The summed E-state index contributed by atoms with van der Waals surface area (Å²) >= 11 is 12.1. The number of methoxy groups -OCH3 is 1. The van der Waals surface area contributed by atoms with Crippen LogP contribution in [0.4, 0.5) is 5.69 Å². The van der Waals surface area contributed by atoms with Gasteiger partial charge in [-0.05, 0) is 78.7 Å². The van der Waals surface area contributed by atoms with Gasteiger partial charge in [0, 0.05) is 22.8 Å². The highest BCUT2D eigenvalue weighted by Gasteiger charge is 2.34. The van der Waals surface area contributed by atoms with Gasteiger partial charge < -0.3 is 14.4 Å². The number of carbonyl (C=O) groups excluding carboxylic acids is 1. The summed E-state index contributed by atoms with van der Waals surface area (Å²) in [4.78, 5) is 14.6. The summed E-state index contributed by atoms with van der Waals surface area (Å²) in [7, 11) is -2.27. The lowest BCUT2D eigenvalue weighted by atomic mass is 10.1. The fourth-order valence-corrected chi connectivity index (χ4v) is 6.01. The highest BCUT2D eigenvalue weighted by atomic mass is 35.5. The number of aryl methyl sites for hydroxylation is 1. The van der Waals surface area contributed by atoms with Crippen LogP contribution in [0.25, 0.3) is 0 Å². The number of hydrogen-bond acceptors (Lipinski definition) is 6. The number of sulfonamides is 1. The Balaban J connectivity index is 1.50. The van der Waals surface area contributed by atoms with Gasteiger partial charge in [0.1, 0.15) is 16.4 Å². The van der Waals surface area contributed by atoms with Crippen molar-refractivity contribution in [3.8, 4) is 11.5 Å². The first-order chi connectivity index (χ1) is 18.7. The van der Waals surface area contributed by atoms with Gasteiger partial charge in [0.2, 0.25) is 0 Å². The molecule has 10 heteroatoms. The summed E-state index contributed by atoms with van der Waals surface area (Å²) in [6, 6.07) is 23.8. The van der Waals surface area contributed by atoms with Crippen LogP contribution >= 0.6 is 23.2 Å². The molecule has 0 bridgehead atoms. The molecule has 1 heterocycles. The highest BCUT2D eigenvalue weighted by molar-refractivity contribution is 7.90. The van der Waals surface area contributed by atoms with Gasteiger partial charge in [0.05, 0.1) is 17.7 Å². The number of nitrogens with zero attached hydrogens (tertiary/aromatic N) is 2. The van der Waals surface area contributed by atoms with E-state index < -0.39 is 16.0 Å². The van der Waals surface area contributed by atoms with Crippen LogP contribution in [0.5, 0.6) is 11.5 Å². The van der Waals surface area contributed by atoms with Gasteiger partial charge in [0.25, 0.3) is 10.0 Å². The zero-order valence-electron chi connectivity index (χ0n) is 20.9. The average Bonchev–Trinajstić information content (AvgIpc) is 3.19. The molecule has 4 aromatic rings. The summed E-state index contributed by atoms with van der Waals surface area (Å²) in [5, 5.41) is 0.593. The lowest BCUT2D eigenvalue weighted by molar-refractivity contribution is 0.0735. The van der Waals surface area contributed by atoms with Crippen molar-refractivity contribution >= 4 is 50.7 Å². The average molecular weight is 581 g/mol. The Bertz CT molecular complexity index is 1700. The highest BCUT2D eigenvalue weighted by Crippen LogP contribution is 2.34. The third-order valence-electron chi connectivity index (χ3n) is 6.21. The molecule has 7 nitrogen and oxygen atoms in total. The lowest BCUT2D eigenvalue weighted by Gasteiger charge is -2.26. The van der Waals surface area contributed by atoms with Crippen molar-refractivity contribution < 1.29 is 22.7 Å². The van der Waals surface area contributed by atoms with Crippen molar-refractivity contribution in [1.29, 1.82) is 0 Å². The molecule has 0 aliphatic carbocycles. The van der Waals surface area contributed by atoms with E-state index in [0.29, 0.717) is 34.4 Å². The van der Waals surface area contributed by atoms with Crippen LogP contribution < -0.4 is 14.4 Å². The molecule has 0 radical (unpaired) electrons. The zero-order valence-corrected chi connectivity index (χ0v) is 23.2. The van der Waals surface area contributed by atoms with Gasteiger partial charge >= 0.3 is 5.97 Å². The van der Waals surface area contributed by atoms with E-state index in [2.05, 4.69) is 4.40 Å². The summed E-state index contributed by atoms with van der Waals surface area (Å²) in [6.45, 7) is 2.18. The maximum Gasteiger partial charge on any atom is 0.345 e. The number of rotatable bonds is 6. The minimum atomic E-state index is -3.86. The Morgan fingerprint density at radius 2 is 1.62 bits per heavy atom. The van der Waals surface area contributed by atoms with Gasteiger partial charge in [-0.15, -0.1) is 4.40 Å². The molecule has 39 heavy (non-hydrogen) atoms. The van der Waals surface area contributed by atoms with Crippen molar-refractivity contribution in [2.75, 3.05) is 12.0 Å². The van der Waals surface area contributed by atoms with E-state index in [1.807, 2.05) is 42.2 Å². The molecule has 0 aromatic heterocycles. The fraction of sp³-hybridized carbons (Fsp3) is 0.103. The number of ether oxygens (including phenoxy) is 2. The first kappa shape index (κ1) is 26.7. The number of hydrogen-bond donors (Lipinski definition) is 0. The van der Waals surface area contributed by atoms with Crippen molar-refractivity contribution in [2.24, 2.45) is 4.40 Å². The zero-order chi connectivity index (χ0) is 27.7. The topological polar surface area (TPSA) is 85.3 Å². The minimum Gasteiger partial charge on any atom is -0.497 e. The van der Waals surface area contributed by atoms with Crippen molar-refractivity contribution in [2.45, 2.75) is 18.4 Å². The van der Waals surface area contributed by atoms with Gasteiger partial charge in [-0.1, -0.05) is 47.5 Å². The summed E-state index contributed by atoms with van der Waals surface area (Å²) < 4.78 is 40.8. The van der Waals surface area contributed by atoms with Gasteiger partial charge in [0.15, 0.2) is 5.84 Å². The van der Waals surface area contributed by atoms with Crippen LogP contribution in [0.1, 0.15) is 27.0 Å². The second-order valence-corrected chi connectivity index (χ2v) is 11.2. The minimum absolute atomic E-state index is 0.169. The molecule has 0 saturated carbocycles. The Labute approximate surface area is 236 Å². The van der Waals surface area contributed by atoms with E-state index in [1.54, 1.807) is 49.6 Å². The Morgan fingerprint density at radius 1 is 0.923 bits per heavy atom. The maximum atomic E-state index is 12.9. The number of fused-ring (bicyclic) bond motifs is 1. The van der Waals surface area contributed by atoms with E-state index in [4.69, 9.17) is 32.7 Å². The van der Waals surface area contributed by atoms with Crippen LogP contribution in [-0.4, -0.2) is 27.3 Å². The Hall–Kier alpha value is -3.85. The molecule has 1 aliphatic rings. The molecule has 0 amide bonds. The molecule has 0 spiro atoms. The molecule has 0 N–H and O–H groups in total. The van der Waals surface area contributed by atoms with Gasteiger partial charge in [-0.25, -0.2) is 4.79 Å². The van der Waals surface area contributed by atoms with Crippen molar-refractivity contribution in [1.82, 2.24) is 0 Å². The van der Waals surface area contributed by atoms with E-state index in [1.165, 1.54) is 12.1 Å². The van der Waals surface area contributed by atoms with Gasteiger partial charge in [-0.2, -0.15) is 8.42 Å². The number of esters is 1. The molecule has 1 aliphatic heterocycles. The SMILES string of the molecule is COc1ccc(CN(C2=NS(=O)(=O)c3cccc(C)c32)c2ccc(OC(=O)c3ccc(Cl)cc3Cl)cc2)cc1. The predicted octanol–water partition coefficient (Wildman–Crippen LogP) is 6.69. The number of anilines is 1. The van der Waals surface area contributed by atoms with Crippen LogP contribution in [0.15, 0.2) is 94.2 Å². The van der Waals surface area contributed by atoms with Crippen LogP contribution in [0, 0.1) is 6.92 Å². The third-order valence-corrected chi connectivity index (χ3v) is 8.07. The molecule has 198 valence electrons. The largest absolute Gasteiger partial charge is 0.497 e. The quantitative estimate of drug-likeness (QED) is 0.187. The van der Waals surface area contributed by atoms with Crippen LogP contribution in [0.2, 0.25) is 10.0 Å².